The van der Waals surface area contributed by atoms with Crippen molar-refractivity contribution in [2.45, 2.75) is 25.7 Å². The van der Waals surface area contributed by atoms with Crippen LogP contribution in [0.25, 0.3) is 21.5 Å². The third-order valence-electron chi connectivity index (χ3n) is 4.93. The minimum atomic E-state index is -0.126. The lowest BCUT2D eigenvalue weighted by Gasteiger charge is -2.09. The summed E-state index contributed by atoms with van der Waals surface area (Å²) in [4.78, 5) is 19.5. The molecule has 7 heteroatoms. The van der Waals surface area contributed by atoms with Crippen LogP contribution in [0.15, 0.2) is 57.0 Å². The molecule has 1 aromatic carbocycles. The molecule has 0 N–H and O–H groups in total. The predicted octanol–water partition coefficient (Wildman–Crippen LogP) is 5.13. The van der Waals surface area contributed by atoms with Gasteiger partial charge < -0.3 is 4.42 Å². The van der Waals surface area contributed by atoms with Gasteiger partial charge in [0.2, 0.25) is 0 Å². The minimum absolute atomic E-state index is 0.126. The normalized spacial score (nSPS) is 14.0. The largest absolute Gasteiger partial charge is 0.455 e. The van der Waals surface area contributed by atoms with E-state index >= 15 is 0 Å². The first kappa shape index (κ1) is 17.4. The van der Waals surface area contributed by atoms with E-state index in [9.17, 15) is 4.79 Å². The van der Waals surface area contributed by atoms with Crippen molar-refractivity contribution in [2.75, 3.05) is 0 Å². The van der Waals surface area contributed by atoms with Gasteiger partial charge in [0.1, 0.15) is 22.7 Å². The van der Waals surface area contributed by atoms with E-state index in [0.717, 1.165) is 40.6 Å². The molecular formula is C21H16ClN3O2S. The van der Waals surface area contributed by atoms with Gasteiger partial charge in [-0.2, -0.15) is 9.78 Å². The van der Waals surface area contributed by atoms with E-state index in [1.807, 2.05) is 30.3 Å². The van der Waals surface area contributed by atoms with E-state index in [0.29, 0.717) is 16.5 Å². The molecule has 0 bridgehead atoms. The van der Waals surface area contributed by atoms with E-state index in [2.05, 4.69) is 10.1 Å². The summed E-state index contributed by atoms with van der Waals surface area (Å²) in [6.45, 7) is 0. The number of aromatic nitrogens is 2. The Hall–Kier alpha value is -2.70. The zero-order valence-electron chi connectivity index (χ0n) is 14.9. The first-order valence-electron chi connectivity index (χ1n) is 9.12. The van der Waals surface area contributed by atoms with Gasteiger partial charge in [-0.1, -0.05) is 23.7 Å². The summed E-state index contributed by atoms with van der Waals surface area (Å²) >= 11 is 7.85. The van der Waals surface area contributed by atoms with Crippen LogP contribution < -0.4 is 5.56 Å². The SMILES string of the molecule is O=c1c2c3c(sc2ncn1/N=C/c1ccc(-c2ccccc2Cl)o1)CCCC3. The Morgan fingerprint density at radius 3 is 2.93 bits per heavy atom. The summed E-state index contributed by atoms with van der Waals surface area (Å²) in [5.41, 5.74) is 1.85. The Morgan fingerprint density at radius 1 is 1.18 bits per heavy atom. The standard InChI is InChI=1S/C21H16ClN3O2S/c22-16-7-3-1-5-14(16)17-10-9-13(27-17)11-24-25-12-23-20-19(21(25)26)15-6-2-4-8-18(15)28-20/h1,3,5,7,9-12H,2,4,6,8H2/b24-11+. The topological polar surface area (TPSA) is 60.4 Å². The number of thiophene rings is 1. The van der Waals surface area contributed by atoms with Crippen LogP contribution in [0.1, 0.15) is 29.0 Å². The fourth-order valence-electron chi connectivity index (χ4n) is 3.57. The number of aryl methyl sites for hydroxylation is 2. The number of halogens is 1. The molecule has 0 spiro atoms. The Bertz CT molecular complexity index is 1270. The molecular weight excluding hydrogens is 394 g/mol. The van der Waals surface area contributed by atoms with Gasteiger partial charge in [-0.15, -0.1) is 11.3 Å². The second kappa shape index (κ2) is 7.04. The molecule has 0 amide bonds. The number of hydrogen-bond acceptors (Lipinski definition) is 5. The molecule has 0 unspecified atom stereocenters. The van der Waals surface area contributed by atoms with Crippen LogP contribution in [0.5, 0.6) is 0 Å². The van der Waals surface area contributed by atoms with Crippen LogP contribution in [0, 0.1) is 0 Å². The lowest BCUT2D eigenvalue weighted by Crippen LogP contribution is -2.17. The number of hydrogen-bond donors (Lipinski definition) is 0. The maximum atomic E-state index is 12.9. The van der Waals surface area contributed by atoms with Crippen LogP contribution in [0.3, 0.4) is 0 Å². The van der Waals surface area contributed by atoms with E-state index in [-0.39, 0.29) is 5.56 Å². The molecule has 0 saturated heterocycles. The zero-order chi connectivity index (χ0) is 19.1. The highest BCUT2D eigenvalue weighted by molar-refractivity contribution is 7.18. The summed E-state index contributed by atoms with van der Waals surface area (Å²) in [7, 11) is 0. The molecule has 5 nitrogen and oxygen atoms in total. The molecule has 0 atom stereocenters. The first-order chi connectivity index (χ1) is 13.7. The smallest absolute Gasteiger partial charge is 0.282 e. The average molecular weight is 410 g/mol. The van der Waals surface area contributed by atoms with Crippen LogP contribution in [0.4, 0.5) is 0 Å². The number of nitrogens with zero attached hydrogens (tertiary/aromatic N) is 3. The van der Waals surface area contributed by atoms with Crippen molar-refractivity contribution < 1.29 is 4.42 Å². The van der Waals surface area contributed by atoms with Gasteiger partial charge in [-0.3, -0.25) is 4.79 Å². The second-order valence-electron chi connectivity index (χ2n) is 6.71. The number of benzene rings is 1. The molecule has 0 aliphatic heterocycles. The fraction of sp³-hybridized carbons (Fsp3) is 0.190. The summed E-state index contributed by atoms with van der Waals surface area (Å²) in [6.07, 6.45) is 7.27. The third-order valence-corrected chi connectivity index (χ3v) is 6.46. The van der Waals surface area contributed by atoms with Crippen molar-refractivity contribution >= 4 is 39.4 Å². The van der Waals surface area contributed by atoms with E-state index in [1.54, 1.807) is 17.4 Å². The molecule has 140 valence electrons. The van der Waals surface area contributed by atoms with Gasteiger partial charge in [0, 0.05) is 10.4 Å². The fourth-order valence-corrected chi connectivity index (χ4v) is 5.01. The van der Waals surface area contributed by atoms with Gasteiger partial charge in [0.15, 0.2) is 0 Å². The number of rotatable bonds is 3. The Labute approximate surface area is 169 Å². The Kier molecular flexibility index (Phi) is 4.37. The highest BCUT2D eigenvalue weighted by Gasteiger charge is 2.19. The van der Waals surface area contributed by atoms with Crippen molar-refractivity contribution in [1.29, 1.82) is 0 Å². The van der Waals surface area contributed by atoms with Crippen LogP contribution in [0.2, 0.25) is 5.02 Å². The van der Waals surface area contributed by atoms with Gasteiger partial charge in [0.05, 0.1) is 16.6 Å². The van der Waals surface area contributed by atoms with E-state index in [4.69, 9.17) is 16.0 Å². The highest BCUT2D eigenvalue weighted by Crippen LogP contribution is 2.33. The van der Waals surface area contributed by atoms with Gasteiger partial charge in [-0.05, 0) is 55.5 Å². The van der Waals surface area contributed by atoms with E-state index in [1.165, 1.54) is 28.5 Å². The van der Waals surface area contributed by atoms with Gasteiger partial charge >= 0.3 is 0 Å². The monoisotopic (exact) mass is 409 g/mol. The molecule has 5 rings (SSSR count). The van der Waals surface area contributed by atoms with E-state index < -0.39 is 0 Å². The molecule has 0 saturated carbocycles. The van der Waals surface area contributed by atoms with Crippen LogP contribution in [-0.2, 0) is 12.8 Å². The molecule has 1 aliphatic rings. The molecule has 1 aliphatic carbocycles. The summed E-state index contributed by atoms with van der Waals surface area (Å²) < 4.78 is 7.09. The highest BCUT2D eigenvalue weighted by atomic mass is 35.5. The van der Waals surface area contributed by atoms with Crippen LogP contribution >= 0.6 is 22.9 Å². The van der Waals surface area contributed by atoms with Crippen molar-refractivity contribution in [3.05, 3.63) is 74.3 Å². The van der Waals surface area contributed by atoms with Gasteiger partial charge in [0.25, 0.3) is 5.56 Å². The lowest BCUT2D eigenvalue weighted by atomic mass is 9.97. The first-order valence-corrected chi connectivity index (χ1v) is 10.3. The average Bonchev–Trinajstić information content (AvgIpc) is 3.32. The Balaban J connectivity index is 1.49. The molecule has 4 aromatic rings. The molecule has 28 heavy (non-hydrogen) atoms. The molecule has 0 radical (unpaired) electrons. The quantitative estimate of drug-likeness (QED) is 0.440. The van der Waals surface area contributed by atoms with Crippen molar-refractivity contribution in [1.82, 2.24) is 9.66 Å². The Morgan fingerprint density at radius 2 is 2.04 bits per heavy atom. The second-order valence-corrected chi connectivity index (χ2v) is 8.20. The molecule has 0 fully saturated rings. The summed E-state index contributed by atoms with van der Waals surface area (Å²) in [6, 6.07) is 11.1. The summed E-state index contributed by atoms with van der Waals surface area (Å²) in [5, 5.41) is 5.62. The third kappa shape index (κ3) is 2.99. The minimum Gasteiger partial charge on any atom is -0.455 e. The van der Waals surface area contributed by atoms with Crippen molar-refractivity contribution in [2.24, 2.45) is 5.10 Å². The van der Waals surface area contributed by atoms with Crippen LogP contribution in [-0.4, -0.2) is 15.9 Å². The van der Waals surface area contributed by atoms with Crippen molar-refractivity contribution in [3.63, 3.8) is 0 Å². The number of fused-ring (bicyclic) bond motifs is 3. The lowest BCUT2D eigenvalue weighted by molar-refractivity contribution is 0.574. The summed E-state index contributed by atoms with van der Waals surface area (Å²) in [5.74, 6) is 1.19. The zero-order valence-corrected chi connectivity index (χ0v) is 16.5. The maximum absolute atomic E-state index is 12.9. The predicted molar refractivity (Wildman–Crippen MR) is 113 cm³/mol. The van der Waals surface area contributed by atoms with Crippen molar-refractivity contribution in [3.8, 4) is 11.3 Å². The molecule has 3 heterocycles. The van der Waals surface area contributed by atoms with Gasteiger partial charge in [-0.25, -0.2) is 4.98 Å². The number of furan rings is 1. The maximum Gasteiger partial charge on any atom is 0.282 e. The molecule has 3 aromatic heterocycles.